The number of benzene rings is 1. The summed E-state index contributed by atoms with van der Waals surface area (Å²) in [5.74, 6) is 0.796. The maximum Gasteiger partial charge on any atom is 0.119 e. The summed E-state index contributed by atoms with van der Waals surface area (Å²) >= 11 is 0. The van der Waals surface area contributed by atoms with Gasteiger partial charge in [-0.3, -0.25) is 15.1 Å². The summed E-state index contributed by atoms with van der Waals surface area (Å²) in [5.41, 5.74) is 12.4. The molecule has 0 aliphatic carbocycles. The van der Waals surface area contributed by atoms with Crippen molar-refractivity contribution < 1.29 is 4.74 Å². The number of nitrogens with zero attached hydrogens (tertiary/aromatic N) is 3. The fourth-order valence-electron chi connectivity index (χ4n) is 3.09. The Morgan fingerprint density at radius 3 is 2.62 bits per heavy atom. The fourth-order valence-corrected chi connectivity index (χ4v) is 3.09. The normalized spacial score (nSPS) is 12.0. The first-order valence-corrected chi connectivity index (χ1v) is 9.53. The summed E-state index contributed by atoms with van der Waals surface area (Å²) in [5, 5.41) is 7.32. The van der Waals surface area contributed by atoms with Crippen molar-refractivity contribution in [2.45, 2.75) is 19.9 Å². The summed E-state index contributed by atoms with van der Waals surface area (Å²) in [6, 6.07) is 17.9. The number of nitrogens with two attached hydrogens (primary N) is 1. The van der Waals surface area contributed by atoms with E-state index in [-0.39, 0.29) is 6.04 Å². The van der Waals surface area contributed by atoms with Crippen LogP contribution in [0.3, 0.4) is 0 Å². The molecule has 4 aromatic rings. The van der Waals surface area contributed by atoms with Gasteiger partial charge in [-0.2, -0.15) is 5.10 Å². The first kappa shape index (κ1) is 18.8. The number of aryl methyl sites for hydroxylation is 1. The quantitative estimate of drug-likeness (QED) is 0.518. The van der Waals surface area contributed by atoms with Crippen molar-refractivity contribution in [3.63, 3.8) is 0 Å². The monoisotopic (exact) mass is 385 g/mol. The molecule has 0 aliphatic rings. The van der Waals surface area contributed by atoms with Gasteiger partial charge in [0.25, 0.3) is 0 Å². The maximum absolute atomic E-state index is 5.74. The lowest BCUT2D eigenvalue weighted by atomic mass is 10.0. The molecule has 4 rings (SSSR count). The highest BCUT2D eigenvalue weighted by Crippen LogP contribution is 2.31. The van der Waals surface area contributed by atoms with Gasteiger partial charge in [0.1, 0.15) is 12.4 Å². The predicted octanol–water partition coefficient (Wildman–Crippen LogP) is 4.24. The molecule has 0 spiro atoms. The molecular weight excluding hydrogens is 362 g/mol. The van der Waals surface area contributed by atoms with E-state index in [2.05, 4.69) is 26.2 Å². The summed E-state index contributed by atoms with van der Waals surface area (Å²) in [7, 11) is 0. The standard InChI is InChI=1S/C23H23N5O/c1-15(24)14-29-19-8-6-17(7-9-19)22-12-18(10-11-25-22)20-13-26-28-23(20)21-5-3-4-16(2)27-21/h3-13,15H,14,24H2,1-2H3,(H,26,28). The first-order chi connectivity index (χ1) is 14.1. The van der Waals surface area contributed by atoms with E-state index in [0.717, 1.165) is 45.2 Å². The Morgan fingerprint density at radius 2 is 1.86 bits per heavy atom. The maximum atomic E-state index is 5.74. The highest BCUT2D eigenvalue weighted by Gasteiger charge is 2.12. The smallest absolute Gasteiger partial charge is 0.119 e. The molecule has 0 amide bonds. The third-order valence-corrected chi connectivity index (χ3v) is 4.52. The molecule has 3 heterocycles. The van der Waals surface area contributed by atoms with E-state index in [1.807, 2.05) is 74.8 Å². The Labute approximate surface area is 169 Å². The molecule has 0 radical (unpaired) electrons. The summed E-state index contributed by atoms with van der Waals surface area (Å²) in [4.78, 5) is 9.15. The van der Waals surface area contributed by atoms with Crippen LogP contribution in [0.15, 0.2) is 67.0 Å². The van der Waals surface area contributed by atoms with Gasteiger partial charge in [0.05, 0.1) is 23.3 Å². The Kier molecular flexibility index (Phi) is 5.35. The van der Waals surface area contributed by atoms with Gasteiger partial charge in [-0.15, -0.1) is 0 Å². The number of H-pyrrole nitrogens is 1. The van der Waals surface area contributed by atoms with Gasteiger partial charge in [0.15, 0.2) is 0 Å². The van der Waals surface area contributed by atoms with Gasteiger partial charge in [-0.1, -0.05) is 6.07 Å². The molecule has 3 N–H and O–H groups in total. The van der Waals surface area contributed by atoms with Gasteiger partial charge in [0.2, 0.25) is 0 Å². The van der Waals surface area contributed by atoms with Gasteiger partial charge < -0.3 is 10.5 Å². The van der Waals surface area contributed by atoms with Gasteiger partial charge in [-0.05, 0) is 67.9 Å². The number of ether oxygens (including phenoxy) is 1. The average molecular weight is 385 g/mol. The molecule has 1 unspecified atom stereocenters. The molecule has 0 aliphatic heterocycles. The van der Waals surface area contributed by atoms with Crippen molar-refractivity contribution in [2.24, 2.45) is 5.73 Å². The van der Waals surface area contributed by atoms with Crippen LogP contribution < -0.4 is 10.5 Å². The number of aromatic amines is 1. The van der Waals surface area contributed by atoms with Crippen LogP contribution in [0.1, 0.15) is 12.6 Å². The topological polar surface area (TPSA) is 89.7 Å². The number of hydrogen-bond donors (Lipinski definition) is 2. The van der Waals surface area contributed by atoms with Gasteiger partial charge >= 0.3 is 0 Å². The fraction of sp³-hybridized carbons (Fsp3) is 0.174. The minimum Gasteiger partial charge on any atom is -0.492 e. The van der Waals surface area contributed by atoms with Crippen molar-refractivity contribution in [1.82, 2.24) is 20.2 Å². The molecule has 146 valence electrons. The molecular formula is C23H23N5O. The van der Waals surface area contributed by atoms with Crippen LogP contribution in [0, 0.1) is 6.92 Å². The largest absolute Gasteiger partial charge is 0.492 e. The van der Waals surface area contributed by atoms with E-state index < -0.39 is 0 Å². The van der Waals surface area contributed by atoms with Crippen LogP contribution in [0.4, 0.5) is 0 Å². The van der Waals surface area contributed by atoms with Crippen LogP contribution in [0.2, 0.25) is 0 Å². The number of aromatic nitrogens is 4. The average Bonchev–Trinajstić information content (AvgIpc) is 3.23. The zero-order valence-electron chi connectivity index (χ0n) is 16.5. The molecule has 3 aromatic heterocycles. The lowest BCUT2D eigenvalue weighted by Crippen LogP contribution is -2.23. The number of pyridine rings is 2. The van der Waals surface area contributed by atoms with E-state index in [1.54, 1.807) is 0 Å². The molecule has 0 saturated heterocycles. The van der Waals surface area contributed by atoms with Crippen molar-refractivity contribution >= 4 is 0 Å². The van der Waals surface area contributed by atoms with Crippen LogP contribution in [-0.4, -0.2) is 32.8 Å². The number of rotatable bonds is 6. The van der Waals surface area contributed by atoms with Crippen molar-refractivity contribution in [1.29, 1.82) is 0 Å². The summed E-state index contributed by atoms with van der Waals surface area (Å²) in [6.45, 7) is 4.38. The predicted molar refractivity (Wildman–Crippen MR) is 114 cm³/mol. The van der Waals surface area contributed by atoms with E-state index in [0.29, 0.717) is 6.61 Å². The van der Waals surface area contributed by atoms with Gasteiger partial charge in [0, 0.05) is 29.1 Å². The van der Waals surface area contributed by atoms with Crippen molar-refractivity contribution in [3.8, 4) is 39.5 Å². The highest BCUT2D eigenvalue weighted by atomic mass is 16.5. The second kappa shape index (κ2) is 8.24. The van der Waals surface area contributed by atoms with Gasteiger partial charge in [-0.25, -0.2) is 0 Å². The summed E-state index contributed by atoms with van der Waals surface area (Å²) < 4.78 is 5.65. The van der Waals surface area contributed by atoms with E-state index >= 15 is 0 Å². The van der Waals surface area contributed by atoms with E-state index in [4.69, 9.17) is 10.5 Å². The Hall–Kier alpha value is -3.51. The second-order valence-corrected chi connectivity index (χ2v) is 7.07. The second-order valence-electron chi connectivity index (χ2n) is 7.07. The minimum absolute atomic E-state index is 0.0000671. The summed E-state index contributed by atoms with van der Waals surface area (Å²) in [6.07, 6.45) is 3.63. The lowest BCUT2D eigenvalue weighted by Gasteiger charge is -2.10. The van der Waals surface area contributed by atoms with Crippen molar-refractivity contribution in [3.05, 3.63) is 72.7 Å². The zero-order chi connectivity index (χ0) is 20.2. The van der Waals surface area contributed by atoms with Crippen LogP contribution in [-0.2, 0) is 0 Å². The van der Waals surface area contributed by atoms with Crippen LogP contribution in [0.25, 0.3) is 33.8 Å². The number of nitrogens with one attached hydrogen (secondary N) is 1. The SMILES string of the molecule is Cc1cccc(-c2[nH]ncc2-c2ccnc(-c3ccc(OCC(C)N)cc3)c2)n1. The Morgan fingerprint density at radius 1 is 1.03 bits per heavy atom. The molecule has 6 heteroatoms. The third kappa shape index (κ3) is 4.33. The third-order valence-electron chi connectivity index (χ3n) is 4.52. The van der Waals surface area contributed by atoms with E-state index in [9.17, 15) is 0 Å². The van der Waals surface area contributed by atoms with Crippen LogP contribution >= 0.6 is 0 Å². The molecule has 1 aromatic carbocycles. The lowest BCUT2D eigenvalue weighted by molar-refractivity contribution is 0.296. The van der Waals surface area contributed by atoms with Crippen LogP contribution in [0.5, 0.6) is 5.75 Å². The molecule has 1 atom stereocenters. The molecule has 6 nitrogen and oxygen atoms in total. The molecule has 29 heavy (non-hydrogen) atoms. The molecule has 0 fully saturated rings. The minimum atomic E-state index is 0.0000671. The van der Waals surface area contributed by atoms with E-state index in [1.165, 1.54) is 0 Å². The Bertz CT molecular complexity index is 1100. The zero-order valence-corrected chi connectivity index (χ0v) is 16.5. The first-order valence-electron chi connectivity index (χ1n) is 9.53. The van der Waals surface area contributed by atoms with Crippen molar-refractivity contribution in [2.75, 3.05) is 6.61 Å². The molecule has 0 saturated carbocycles. The highest BCUT2D eigenvalue weighted by molar-refractivity contribution is 5.80. The Balaban J connectivity index is 1.63. The number of hydrogen-bond acceptors (Lipinski definition) is 5. The molecule has 0 bridgehead atoms.